The minimum absolute atomic E-state index is 0.0276. The molecule has 4 rings (SSSR count). The fourth-order valence-corrected chi connectivity index (χ4v) is 5.59. The van der Waals surface area contributed by atoms with Gasteiger partial charge in [0.15, 0.2) is 9.84 Å². The summed E-state index contributed by atoms with van der Waals surface area (Å²) in [4.78, 5) is 27.6. The summed E-state index contributed by atoms with van der Waals surface area (Å²) in [6.07, 6.45) is 4.04. The number of aromatic carboxylic acids is 1. The van der Waals surface area contributed by atoms with Crippen LogP contribution in [-0.2, 0) is 16.9 Å². The molecule has 0 amide bonds. The molecule has 26 heavy (non-hydrogen) atoms. The van der Waals surface area contributed by atoms with Crippen LogP contribution in [0.2, 0.25) is 0 Å². The Morgan fingerprint density at radius 1 is 1.42 bits per heavy atom. The van der Waals surface area contributed by atoms with Gasteiger partial charge in [-0.15, -0.1) is 0 Å². The van der Waals surface area contributed by atoms with Crippen LogP contribution in [-0.4, -0.2) is 45.6 Å². The molecule has 2 aromatic rings. The summed E-state index contributed by atoms with van der Waals surface area (Å²) in [5.41, 5.74) is -0.395. The zero-order chi connectivity index (χ0) is 18.7. The lowest BCUT2D eigenvalue weighted by Crippen LogP contribution is -2.33. The van der Waals surface area contributed by atoms with Crippen LogP contribution in [0.15, 0.2) is 23.1 Å². The lowest BCUT2D eigenvalue weighted by atomic mass is 10.2. The molecular formula is C17H18N2O6S. The quantitative estimate of drug-likeness (QED) is 0.801. The van der Waals surface area contributed by atoms with E-state index in [0.29, 0.717) is 29.6 Å². The van der Waals surface area contributed by atoms with Gasteiger partial charge in [-0.3, -0.25) is 9.78 Å². The molecule has 2 aromatic heterocycles. The van der Waals surface area contributed by atoms with Crippen molar-refractivity contribution >= 4 is 26.8 Å². The maximum Gasteiger partial charge on any atom is 0.341 e. The minimum atomic E-state index is -3.20. The van der Waals surface area contributed by atoms with Crippen LogP contribution >= 0.6 is 0 Å². The number of ether oxygens (including phenoxy) is 1. The third-order valence-electron chi connectivity index (χ3n) is 5.16. The minimum Gasteiger partial charge on any atom is -0.490 e. The second kappa shape index (κ2) is 5.54. The zero-order valence-corrected chi connectivity index (χ0v) is 15.0. The van der Waals surface area contributed by atoms with Crippen molar-refractivity contribution in [1.82, 2.24) is 9.55 Å². The van der Waals surface area contributed by atoms with Gasteiger partial charge in [0.25, 0.3) is 5.56 Å². The number of nitrogens with zero attached hydrogens (tertiary/aromatic N) is 2. The van der Waals surface area contributed by atoms with Gasteiger partial charge in [-0.1, -0.05) is 0 Å². The van der Waals surface area contributed by atoms with Crippen LogP contribution in [0.4, 0.5) is 0 Å². The number of aromatic nitrogens is 2. The Morgan fingerprint density at radius 2 is 2.12 bits per heavy atom. The second-order valence-corrected chi connectivity index (χ2v) is 9.61. The lowest BCUT2D eigenvalue weighted by molar-refractivity contribution is 0.0694. The average molecular weight is 378 g/mol. The molecule has 2 saturated carbocycles. The number of hydrogen-bond acceptors (Lipinski definition) is 6. The van der Waals surface area contributed by atoms with Crippen LogP contribution in [0, 0.1) is 0 Å². The molecule has 0 bridgehead atoms. The highest BCUT2D eigenvalue weighted by Crippen LogP contribution is 2.50. The summed E-state index contributed by atoms with van der Waals surface area (Å²) in [5.74, 6) is -1.00. The monoisotopic (exact) mass is 378 g/mol. The van der Waals surface area contributed by atoms with Gasteiger partial charge < -0.3 is 14.4 Å². The molecule has 8 nitrogen and oxygen atoms in total. The van der Waals surface area contributed by atoms with Crippen molar-refractivity contribution in [3.63, 3.8) is 0 Å². The SMILES string of the molecule is Cn1c(=O)c(C(=O)O)cc2nccc(OCC3(S(=O)(=O)C4CC4)CC3)c21. The smallest absolute Gasteiger partial charge is 0.341 e. The van der Waals surface area contributed by atoms with E-state index >= 15 is 0 Å². The summed E-state index contributed by atoms with van der Waals surface area (Å²) in [5, 5.41) is 8.90. The van der Waals surface area contributed by atoms with Gasteiger partial charge in [0.05, 0.1) is 10.8 Å². The molecule has 2 aliphatic rings. The normalized spacial score (nSPS) is 18.7. The van der Waals surface area contributed by atoms with E-state index in [9.17, 15) is 18.0 Å². The molecule has 2 aliphatic carbocycles. The Labute approximate surface area is 149 Å². The van der Waals surface area contributed by atoms with E-state index in [1.165, 1.54) is 23.9 Å². The number of hydrogen-bond donors (Lipinski definition) is 1. The topological polar surface area (TPSA) is 116 Å². The van der Waals surface area contributed by atoms with Crippen LogP contribution < -0.4 is 10.3 Å². The predicted octanol–water partition coefficient (Wildman–Crippen LogP) is 1.12. The first-order valence-electron chi connectivity index (χ1n) is 8.35. The Kier molecular flexibility index (Phi) is 3.62. The Morgan fingerprint density at radius 3 is 2.69 bits per heavy atom. The summed E-state index contributed by atoms with van der Waals surface area (Å²) >= 11 is 0. The van der Waals surface area contributed by atoms with E-state index < -0.39 is 26.1 Å². The Balaban J connectivity index is 1.71. The van der Waals surface area contributed by atoms with Crippen molar-refractivity contribution in [2.45, 2.75) is 35.7 Å². The predicted molar refractivity (Wildman–Crippen MR) is 93.3 cm³/mol. The lowest BCUT2D eigenvalue weighted by Gasteiger charge is -2.18. The molecule has 138 valence electrons. The van der Waals surface area contributed by atoms with Gasteiger partial charge in [0, 0.05) is 19.3 Å². The highest BCUT2D eigenvalue weighted by molar-refractivity contribution is 7.94. The standard InChI is InChI=1S/C17H18N2O6S/c1-19-14-12(8-11(15(19)20)16(21)22)18-7-4-13(14)25-9-17(5-6-17)26(23,24)10-2-3-10/h4,7-8,10H,2-3,5-6,9H2,1H3,(H,21,22). The molecular weight excluding hydrogens is 360 g/mol. The van der Waals surface area contributed by atoms with Crippen LogP contribution in [0.25, 0.3) is 11.0 Å². The molecule has 2 fully saturated rings. The van der Waals surface area contributed by atoms with Gasteiger partial charge in [-0.05, 0) is 31.7 Å². The molecule has 1 N–H and O–H groups in total. The highest BCUT2D eigenvalue weighted by atomic mass is 32.2. The van der Waals surface area contributed by atoms with Gasteiger partial charge >= 0.3 is 5.97 Å². The van der Waals surface area contributed by atoms with E-state index in [1.54, 1.807) is 6.07 Å². The number of carboxylic acid groups (broad SMARTS) is 1. The van der Waals surface area contributed by atoms with Crippen LogP contribution in [0.1, 0.15) is 36.0 Å². The number of aryl methyl sites for hydroxylation is 1. The molecule has 0 aliphatic heterocycles. The molecule has 9 heteroatoms. The first kappa shape index (κ1) is 17.0. The molecule has 0 spiro atoms. The molecule has 2 heterocycles. The van der Waals surface area contributed by atoms with Crippen LogP contribution in [0.3, 0.4) is 0 Å². The van der Waals surface area contributed by atoms with Gasteiger partial charge in [-0.2, -0.15) is 0 Å². The van der Waals surface area contributed by atoms with Crippen molar-refractivity contribution < 1.29 is 23.1 Å². The van der Waals surface area contributed by atoms with E-state index in [-0.39, 0.29) is 17.4 Å². The summed E-state index contributed by atoms with van der Waals surface area (Å²) in [6.45, 7) is 0.0276. The summed E-state index contributed by atoms with van der Waals surface area (Å²) in [7, 11) is -1.76. The molecule has 0 unspecified atom stereocenters. The molecule has 0 saturated heterocycles. The maximum absolute atomic E-state index is 12.6. The molecule has 0 radical (unpaired) electrons. The number of pyridine rings is 2. The van der Waals surface area contributed by atoms with E-state index in [4.69, 9.17) is 9.84 Å². The third-order valence-corrected chi connectivity index (χ3v) is 8.24. The number of carboxylic acids is 1. The van der Waals surface area contributed by atoms with Crippen molar-refractivity contribution in [1.29, 1.82) is 0 Å². The number of carbonyl (C=O) groups is 1. The van der Waals surface area contributed by atoms with Gasteiger partial charge in [0.2, 0.25) is 0 Å². The number of rotatable bonds is 6. The second-order valence-electron chi connectivity index (χ2n) is 6.99. The van der Waals surface area contributed by atoms with E-state index in [1.807, 2.05) is 0 Å². The highest BCUT2D eigenvalue weighted by Gasteiger charge is 2.60. The average Bonchev–Trinajstić information content (AvgIpc) is 3.47. The van der Waals surface area contributed by atoms with Crippen molar-refractivity contribution in [2.75, 3.05) is 6.61 Å². The first-order valence-corrected chi connectivity index (χ1v) is 9.90. The number of sulfone groups is 1. The summed E-state index contributed by atoms with van der Waals surface area (Å²) < 4.78 is 31.3. The zero-order valence-electron chi connectivity index (χ0n) is 14.1. The first-order chi connectivity index (χ1) is 12.3. The Bertz CT molecular complexity index is 1080. The van der Waals surface area contributed by atoms with E-state index in [0.717, 1.165) is 12.8 Å². The third kappa shape index (κ3) is 2.49. The largest absolute Gasteiger partial charge is 0.490 e. The van der Waals surface area contributed by atoms with E-state index in [2.05, 4.69) is 4.98 Å². The van der Waals surface area contributed by atoms with Crippen molar-refractivity contribution in [2.24, 2.45) is 7.05 Å². The van der Waals surface area contributed by atoms with Gasteiger partial charge in [-0.25, -0.2) is 13.2 Å². The summed E-state index contributed by atoms with van der Waals surface area (Å²) in [6, 6.07) is 2.77. The number of fused-ring (bicyclic) bond motifs is 1. The van der Waals surface area contributed by atoms with Crippen molar-refractivity contribution in [3.8, 4) is 5.75 Å². The Hall–Kier alpha value is -2.42. The maximum atomic E-state index is 12.6. The van der Waals surface area contributed by atoms with Crippen LogP contribution in [0.5, 0.6) is 5.75 Å². The van der Waals surface area contributed by atoms with Gasteiger partial charge in [0.1, 0.15) is 28.2 Å². The van der Waals surface area contributed by atoms with Crippen molar-refractivity contribution in [3.05, 3.63) is 34.2 Å². The fraction of sp³-hybridized carbons (Fsp3) is 0.471. The molecule has 0 atom stereocenters. The fourth-order valence-electron chi connectivity index (χ4n) is 3.24. The molecule has 0 aromatic carbocycles.